The predicted molar refractivity (Wildman–Crippen MR) is 97.8 cm³/mol. The number of benzene rings is 1. The summed E-state index contributed by atoms with van der Waals surface area (Å²) in [5.74, 6) is -0.854. The molecule has 26 heavy (non-hydrogen) atoms. The van der Waals surface area contributed by atoms with Crippen molar-refractivity contribution in [3.8, 4) is 0 Å². The quantitative estimate of drug-likeness (QED) is 0.750. The van der Waals surface area contributed by atoms with E-state index in [0.717, 1.165) is 43.0 Å². The first-order chi connectivity index (χ1) is 12.5. The van der Waals surface area contributed by atoms with E-state index in [1.165, 1.54) is 4.90 Å². The van der Waals surface area contributed by atoms with E-state index in [4.69, 9.17) is 0 Å². The second-order valence-electron chi connectivity index (χ2n) is 6.97. The molecule has 0 bridgehead atoms. The number of rotatable bonds is 2. The molecule has 3 aliphatic rings. The van der Waals surface area contributed by atoms with E-state index in [-0.39, 0.29) is 18.2 Å². The number of anilines is 1. The summed E-state index contributed by atoms with van der Waals surface area (Å²) in [6, 6.07) is 5.21. The number of hydrogen-bond donors (Lipinski definition) is 2. The Balaban J connectivity index is 1.61. The molecule has 1 unspecified atom stereocenters. The number of hydrogen-bond acceptors (Lipinski definition) is 5. The molecule has 4 rings (SSSR count). The van der Waals surface area contributed by atoms with Gasteiger partial charge in [0.15, 0.2) is 0 Å². The van der Waals surface area contributed by atoms with E-state index < -0.39 is 11.9 Å². The molecule has 0 aliphatic carbocycles. The van der Waals surface area contributed by atoms with Crippen LogP contribution in [0.3, 0.4) is 0 Å². The molecular formula is C19H22N4O3. The number of piperazine rings is 1. The van der Waals surface area contributed by atoms with Crippen molar-refractivity contribution in [3.63, 3.8) is 0 Å². The lowest BCUT2D eigenvalue weighted by molar-refractivity contribution is -0.136. The first-order valence-electron chi connectivity index (χ1n) is 8.97. The number of nitrogens with one attached hydrogen (secondary N) is 2. The molecule has 1 atom stereocenters. The summed E-state index contributed by atoms with van der Waals surface area (Å²) >= 11 is 0. The average Bonchev–Trinajstić information content (AvgIpc) is 2.65. The number of carbonyl (C=O) groups excluding carboxylic acids is 3. The van der Waals surface area contributed by atoms with Crippen LogP contribution < -0.4 is 15.5 Å². The maximum Gasteiger partial charge on any atom is 0.255 e. The van der Waals surface area contributed by atoms with Crippen molar-refractivity contribution in [2.75, 3.05) is 37.6 Å². The van der Waals surface area contributed by atoms with Crippen molar-refractivity contribution in [2.45, 2.75) is 18.9 Å². The lowest BCUT2D eigenvalue weighted by atomic mass is 9.91. The molecule has 3 heterocycles. The minimum absolute atomic E-state index is 0.172. The Hall–Kier alpha value is -2.67. The fraction of sp³-hybridized carbons (Fsp3) is 0.421. The summed E-state index contributed by atoms with van der Waals surface area (Å²) in [7, 11) is 0. The Kier molecular flexibility index (Phi) is 4.24. The smallest absolute Gasteiger partial charge is 0.255 e. The summed E-state index contributed by atoms with van der Waals surface area (Å²) in [5, 5.41) is 5.65. The molecule has 3 aliphatic heterocycles. The summed E-state index contributed by atoms with van der Waals surface area (Å²) in [5.41, 5.74) is 3.34. The molecular weight excluding hydrogens is 332 g/mol. The number of amides is 3. The highest BCUT2D eigenvalue weighted by Gasteiger charge is 2.38. The largest absolute Gasteiger partial charge is 0.369 e. The Morgan fingerprint density at radius 3 is 2.58 bits per heavy atom. The van der Waals surface area contributed by atoms with Crippen molar-refractivity contribution in [1.82, 2.24) is 15.5 Å². The van der Waals surface area contributed by atoms with Gasteiger partial charge in [0.25, 0.3) is 5.91 Å². The maximum absolute atomic E-state index is 13.0. The van der Waals surface area contributed by atoms with Gasteiger partial charge in [0.2, 0.25) is 11.8 Å². The zero-order chi connectivity index (χ0) is 18.3. The molecule has 0 saturated carbocycles. The van der Waals surface area contributed by atoms with Crippen molar-refractivity contribution in [3.05, 3.63) is 35.9 Å². The minimum atomic E-state index is -0.613. The monoisotopic (exact) mass is 354 g/mol. The van der Waals surface area contributed by atoms with Crippen LogP contribution in [0.5, 0.6) is 0 Å². The van der Waals surface area contributed by atoms with E-state index in [1.54, 1.807) is 0 Å². The maximum atomic E-state index is 13.0. The van der Waals surface area contributed by atoms with Crippen molar-refractivity contribution in [1.29, 1.82) is 0 Å². The average molecular weight is 354 g/mol. The van der Waals surface area contributed by atoms with E-state index in [9.17, 15) is 14.4 Å². The third kappa shape index (κ3) is 2.88. The highest BCUT2D eigenvalue weighted by atomic mass is 16.2. The summed E-state index contributed by atoms with van der Waals surface area (Å²) < 4.78 is 0. The predicted octanol–water partition coefficient (Wildman–Crippen LogP) is 0.370. The van der Waals surface area contributed by atoms with Gasteiger partial charge in [-0.2, -0.15) is 0 Å². The SMILES string of the molecule is C=C1CN(C2CCC(=O)NC2=O)C(=O)c2ccc(N3CCNCC3)cc21. The van der Waals surface area contributed by atoms with Gasteiger partial charge in [-0.05, 0) is 35.8 Å². The van der Waals surface area contributed by atoms with E-state index in [2.05, 4.69) is 22.1 Å². The first kappa shape index (κ1) is 16.8. The molecule has 2 N–H and O–H groups in total. The highest BCUT2D eigenvalue weighted by molar-refractivity contribution is 6.07. The molecule has 0 spiro atoms. The van der Waals surface area contributed by atoms with Gasteiger partial charge < -0.3 is 15.1 Å². The Labute approximate surface area is 152 Å². The number of fused-ring (bicyclic) bond motifs is 1. The first-order valence-corrected chi connectivity index (χ1v) is 8.97. The number of imide groups is 1. The lowest BCUT2D eigenvalue weighted by Gasteiger charge is -2.37. The van der Waals surface area contributed by atoms with E-state index >= 15 is 0 Å². The van der Waals surface area contributed by atoms with Gasteiger partial charge in [0, 0.05) is 50.4 Å². The van der Waals surface area contributed by atoms with Gasteiger partial charge in [-0.25, -0.2) is 0 Å². The number of nitrogens with zero attached hydrogens (tertiary/aromatic N) is 2. The molecule has 2 fully saturated rings. The van der Waals surface area contributed by atoms with Crippen molar-refractivity contribution >= 4 is 29.0 Å². The van der Waals surface area contributed by atoms with Gasteiger partial charge in [-0.3, -0.25) is 19.7 Å². The highest BCUT2D eigenvalue weighted by Crippen LogP contribution is 2.32. The summed E-state index contributed by atoms with van der Waals surface area (Å²) in [6.45, 7) is 8.20. The van der Waals surface area contributed by atoms with E-state index in [0.29, 0.717) is 18.5 Å². The molecule has 7 nitrogen and oxygen atoms in total. The Morgan fingerprint density at radius 1 is 1.08 bits per heavy atom. The van der Waals surface area contributed by atoms with Crippen LogP contribution in [0.25, 0.3) is 5.57 Å². The van der Waals surface area contributed by atoms with Crippen LogP contribution in [0.2, 0.25) is 0 Å². The summed E-state index contributed by atoms with van der Waals surface area (Å²) in [6.07, 6.45) is 0.610. The van der Waals surface area contributed by atoms with Crippen LogP contribution in [0.1, 0.15) is 28.8 Å². The second-order valence-corrected chi connectivity index (χ2v) is 6.97. The van der Waals surface area contributed by atoms with Gasteiger partial charge in [-0.15, -0.1) is 0 Å². The molecule has 0 aromatic heterocycles. The summed E-state index contributed by atoms with van der Waals surface area (Å²) in [4.78, 5) is 40.3. The minimum Gasteiger partial charge on any atom is -0.369 e. The lowest BCUT2D eigenvalue weighted by Crippen LogP contribution is -2.55. The molecule has 7 heteroatoms. The van der Waals surface area contributed by atoms with Crippen molar-refractivity contribution in [2.24, 2.45) is 0 Å². The number of piperidine rings is 1. The third-order valence-corrected chi connectivity index (χ3v) is 5.30. The van der Waals surface area contributed by atoms with E-state index in [1.807, 2.05) is 18.2 Å². The molecule has 2 saturated heterocycles. The fourth-order valence-electron chi connectivity index (χ4n) is 3.88. The molecule has 136 valence electrons. The normalized spacial score (nSPS) is 23.8. The van der Waals surface area contributed by atoms with Gasteiger partial charge in [0.05, 0.1) is 0 Å². The molecule has 1 aromatic rings. The van der Waals surface area contributed by atoms with Crippen LogP contribution in [-0.2, 0) is 9.59 Å². The number of carbonyl (C=O) groups is 3. The van der Waals surface area contributed by atoms with Crippen LogP contribution in [0.4, 0.5) is 5.69 Å². The van der Waals surface area contributed by atoms with Gasteiger partial charge >= 0.3 is 0 Å². The zero-order valence-electron chi connectivity index (χ0n) is 14.6. The Morgan fingerprint density at radius 2 is 1.85 bits per heavy atom. The van der Waals surface area contributed by atoms with Crippen LogP contribution >= 0.6 is 0 Å². The van der Waals surface area contributed by atoms with Crippen molar-refractivity contribution < 1.29 is 14.4 Å². The molecule has 3 amide bonds. The standard InChI is InChI=1S/C19H22N4O3/c1-12-11-23(16-4-5-17(24)21-18(16)25)19(26)14-3-2-13(10-15(12)14)22-8-6-20-7-9-22/h2-3,10,16,20H,1,4-9,11H2,(H,21,24,25). The zero-order valence-corrected chi connectivity index (χ0v) is 14.6. The third-order valence-electron chi connectivity index (χ3n) is 5.30. The van der Waals surface area contributed by atoms with Crippen LogP contribution in [0.15, 0.2) is 24.8 Å². The molecule has 1 aromatic carbocycles. The molecule has 0 radical (unpaired) electrons. The topological polar surface area (TPSA) is 81.8 Å². The fourth-order valence-corrected chi connectivity index (χ4v) is 3.88. The van der Waals surface area contributed by atoms with Gasteiger partial charge in [-0.1, -0.05) is 6.58 Å². The van der Waals surface area contributed by atoms with Gasteiger partial charge in [0.1, 0.15) is 6.04 Å². The Bertz CT molecular complexity index is 798. The second kappa shape index (κ2) is 6.57. The van der Waals surface area contributed by atoms with Crippen LogP contribution in [0, 0.1) is 0 Å². The van der Waals surface area contributed by atoms with Crippen LogP contribution in [-0.4, -0.2) is 61.4 Å².